The summed E-state index contributed by atoms with van der Waals surface area (Å²) >= 11 is 0. The summed E-state index contributed by atoms with van der Waals surface area (Å²) in [6.07, 6.45) is -6.09. The van der Waals surface area contributed by atoms with Gasteiger partial charge in [0, 0.05) is 6.42 Å². The molecule has 8 heteroatoms. The van der Waals surface area contributed by atoms with Gasteiger partial charge in [-0.15, -0.1) is 0 Å². The first-order chi connectivity index (χ1) is 8.50. The van der Waals surface area contributed by atoms with Gasteiger partial charge in [-0.2, -0.15) is 13.2 Å². The first-order valence-electron chi connectivity index (χ1n) is 5.00. The Morgan fingerprint density at radius 3 is 2.11 bits per heavy atom. The molecule has 0 saturated heterocycles. The Morgan fingerprint density at radius 2 is 1.74 bits per heavy atom. The van der Waals surface area contributed by atoms with Gasteiger partial charge in [0.15, 0.2) is 5.41 Å². The van der Waals surface area contributed by atoms with Crippen molar-refractivity contribution in [2.24, 2.45) is 0 Å². The first-order valence-corrected chi connectivity index (χ1v) is 5.00. The van der Waals surface area contributed by atoms with E-state index >= 15 is 0 Å². The molecule has 1 unspecified atom stereocenters. The monoisotopic (exact) mass is 284 g/mol. The minimum absolute atomic E-state index is 0.125. The Labute approximate surface area is 102 Å². The fourth-order valence-electron chi connectivity index (χ4n) is 1.96. The third-order valence-electron chi connectivity index (χ3n) is 3.07. The van der Waals surface area contributed by atoms with Crippen LogP contribution in [0.3, 0.4) is 0 Å². The first kappa shape index (κ1) is 13.7. The molecule has 19 heavy (non-hydrogen) atoms. The number of carboxylic acids is 1. The van der Waals surface area contributed by atoms with E-state index in [2.05, 4.69) is 0 Å². The fraction of sp³-hybridized carbons (Fsp3) is 0.364. The van der Waals surface area contributed by atoms with Crippen molar-refractivity contribution in [3.05, 3.63) is 35.1 Å². The van der Waals surface area contributed by atoms with Crippen LogP contribution in [0.25, 0.3) is 0 Å². The summed E-state index contributed by atoms with van der Waals surface area (Å²) in [6, 6.07) is 0.766. The van der Waals surface area contributed by atoms with Gasteiger partial charge < -0.3 is 5.11 Å². The molecular formula is C11H6F6O2. The lowest BCUT2D eigenvalue weighted by molar-refractivity contribution is -0.143. The minimum atomic E-state index is -4.94. The van der Waals surface area contributed by atoms with E-state index in [-0.39, 0.29) is 12.1 Å². The van der Waals surface area contributed by atoms with Gasteiger partial charge in [-0.05, 0) is 23.8 Å². The highest BCUT2D eigenvalue weighted by molar-refractivity contribution is 5.87. The van der Waals surface area contributed by atoms with Gasteiger partial charge >= 0.3 is 12.1 Å². The average Bonchev–Trinajstić information content (AvgIpc) is 2.81. The normalized spacial score (nSPS) is 25.2. The van der Waals surface area contributed by atoms with E-state index in [9.17, 15) is 31.1 Å². The van der Waals surface area contributed by atoms with Crippen molar-refractivity contribution in [1.82, 2.24) is 0 Å². The summed E-state index contributed by atoms with van der Waals surface area (Å²) in [6.45, 7) is 0. The summed E-state index contributed by atoms with van der Waals surface area (Å²) in [7, 11) is 0. The zero-order valence-corrected chi connectivity index (χ0v) is 9.06. The van der Waals surface area contributed by atoms with Crippen LogP contribution >= 0.6 is 0 Å². The highest BCUT2D eigenvalue weighted by Crippen LogP contribution is 2.62. The molecule has 0 spiro atoms. The number of hydrogen-bond donors (Lipinski definition) is 1. The van der Waals surface area contributed by atoms with Crippen LogP contribution in [0.5, 0.6) is 0 Å². The predicted molar refractivity (Wildman–Crippen MR) is 50.3 cm³/mol. The van der Waals surface area contributed by atoms with Gasteiger partial charge in [0.1, 0.15) is 5.82 Å². The summed E-state index contributed by atoms with van der Waals surface area (Å²) in [5.41, 5.74) is -5.14. The summed E-state index contributed by atoms with van der Waals surface area (Å²) in [5.74, 6) is -7.07. The Morgan fingerprint density at radius 1 is 1.21 bits per heavy atom. The average molecular weight is 284 g/mol. The maximum Gasteiger partial charge on any atom is 0.416 e. The molecule has 0 radical (unpaired) electrons. The lowest BCUT2D eigenvalue weighted by Crippen LogP contribution is -2.27. The van der Waals surface area contributed by atoms with Crippen LogP contribution in [-0.2, 0) is 16.4 Å². The minimum Gasteiger partial charge on any atom is -0.480 e. The quantitative estimate of drug-likeness (QED) is 0.847. The highest BCUT2D eigenvalue weighted by Gasteiger charge is 2.77. The van der Waals surface area contributed by atoms with Gasteiger partial charge in [-0.3, -0.25) is 4.79 Å². The van der Waals surface area contributed by atoms with Crippen LogP contribution in [0.4, 0.5) is 26.3 Å². The molecule has 0 aliphatic heterocycles. The molecule has 1 atom stereocenters. The van der Waals surface area contributed by atoms with Crippen molar-refractivity contribution in [2.45, 2.75) is 23.9 Å². The van der Waals surface area contributed by atoms with Crippen LogP contribution in [0.2, 0.25) is 0 Å². The molecule has 0 aromatic heterocycles. The number of hydrogen-bond acceptors (Lipinski definition) is 1. The number of halogens is 6. The largest absolute Gasteiger partial charge is 0.480 e. The molecular weight excluding hydrogens is 278 g/mol. The molecule has 1 aromatic carbocycles. The van der Waals surface area contributed by atoms with Gasteiger partial charge in [-0.1, -0.05) is 0 Å². The predicted octanol–water partition coefficient (Wildman–Crippen LogP) is 3.21. The number of aliphatic carboxylic acids is 1. The second kappa shape index (κ2) is 3.64. The smallest absolute Gasteiger partial charge is 0.416 e. The van der Waals surface area contributed by atoms with Crippen molar-refractivity contribution in [3.63, 3.8) is 0 Å². The second-order valence-corrected chi connectivity index (χ2v) is 4.32. The number of rotatable bonds is 2. The maximum atomic E-state index is 13.2. The Bertz CT molecular complexity index is 551. The number of alkyl halides is 5. The van der Waals surface area contributed by atoms with E-state index in [1.165, 1.54) is 0 Å². The molecule has 2 rings (SSSR count). The van der Waals surface area contributed by atoms with Crippen molar-refractivity contribution in [2.75, 3.05) is 0 Å². The Balaban J connectivity index is 2.59. The standard InChI is InChI=1S/C11H6F6O2/c12-7-2-5(1-6(3-7)11(15,16)17)9(8(18)19)4-10(9,13)14/h1-3H,4H2,(H,18,19). The molecule has 0 amide bonds. The molecule has 1 aromatic rings. The number of benzene rings is 1. The van der Waals surface area contributed by atoms with Gasteiger partial charge in [0.2, 0.25) is 0 Å². The van der Waals surface area contributed by atoms with Crippen molar-refractivity contribution in [1.29, 1.82) is 0 Å². The third-order valence-corrected chi connectivity index (χ3v) is 3.07. The Kier molecular flexibility index (Phi) is 2.63. The molecule has 1 N–H and O–H groups in total. The van der Waals surface area contributed by atoms with Gasteiger partial charge in [0.05, 0.1) is 5.56 Å². The zero-order chi connectivity index (χ0) is 14.6. The van der Waals surface area contributed by atoms with Crippen molar-refractivity contribution >= 4 is 5.97 Å². The maximum absolute atomic E-state index is 13.2. The van der Waals surface area contributed by atoms with Crippen molar-refractivity contribution in [3.8, 4) is 0 Å². The van der Waals surface area contributed by atoms with E-state index in [0.717, 1.165) is 0 Å². The van der Waals surface area contributed by atoms with Gasteiger partial charge in [0.25, 0.3) is 5.92 Å². The van der Waals surface area contributed by atoms with Crippen LogP contribution in [0.15, 0.2) is 18.2 Å². The lowest BCUT2D eigenvalue weighted by Gasteiger charge is -2.14. The number of carboxylic acid groups (broad SMARTS) is 1. The summed E-state index contributed by atoms with van der Waals surface area (Å²) in [4.78, 5) is 10.9. The molecule has 1 aliphatic rings. The third kappa shape index (κ3) is 1.95. The zero-order valence-electron chi connectivity index (χ0n) is 9.06. The van der Waals surface area contributed by atoms with E-state index in [4.69, 9.17) is 5.11 Å². The van der Waals surface area contributed by atoms with Crippen LogP contribution in [0.1, 0.15) is 17.5 Å². The van der Waals surface area contributed by atoms with E-state index in [1.807, 2.05) is 0 Å². The summed E-state index contributed by atoms with van der Waals surface area (Å²) < 4.78 is 76.8. The molecule has 1 aliphatic carbocycles. The number of carbonyl (C=O) groups is 1. The molecule has 1 saturated carbocycles. The molecule has 104 valence electrons. The highest BCUT2D eigenvalue weighted by atomic mass is 19.4. The van der Waals surface area contributed by atoms with Crippen LogP contribution in [0, 0.1) is 5.82 Å². The lowest BCUT2D eigenvalue weighted by atomic mass is 9.93. The van der Waals surface area contributed by atoms with E-state index < -0.39 is 46.8 Å². The molecule has 1 fully saturated rings. The molecule has 0 bridgehead atoms. The topological polar surface area (TPSA) is 37.3 Å². The second-order valence-electron chi connectivity index (χ2n) is 4.32. The van der Waals surface area contributed by atoms with Gasteiger partial charge in [-0.25, -0.2) is 13.2 Å². The summed E-state index contributed by atoms with van der Waals surface area (Å²) in [5, 5.41) is 8.79. The van der Waals surface area contributed by atoms with Crippen LogP contribution < -0.4 is 0 Å². The van der Waals surface area contributed by atoms with Crippen molar-refractivity contribution < 1.29 is 36.2 Å². The SMILES string of the molecule is O=C(O)C1(c2cc(F)cc(C(F)(F)F)c2)CC1(F)F. The fourth-order valence-corrected chi connectivity index (χ4v) is 1.96. The molecule has 2 nitrogen and oxygen atoms in total. The van der Waals surface area contributed by atoms with Crippen LogP contribution in [-0.4, -0.2) is 17.0 Å². The van der Waals surface area contributed by atoms with E-state index in [0.29, 0.717) is 6.07 Å². The Hall–Kier alpha value is -1.73. The van der Waals surface area contributed by atoms with E-state index in [1.54, 1.807) is 0 Å². The molecule has 0 heterocycles.